The molecule has 2 rings (SSSR count). The van der Waals surface area contributed by atoms with Gasteiger partial charge in [-0.15, -0.1) is 0 Å². The summed E-state index contributed by atoms with van der Waals surface area (Å²) in [7, 11) is 0. The highest BCUT2D eigenvalue weighted by atomic mass is 79.9. The minimum atomic E-state index is -0.545. The van der Waals surface area contributed by atoms with E-state index in [1.807, 2.05) is 19.1 Å². The molecule has 12 heavy (non-hydrogen) atoms. The molecule has 0 saturated heterocycles. The van der Waals surface area contributed by atoms with Crippen LogP contribution in [0.3, 0.4) is 0 Å². The Morgan fingerprint density at radius 3 is 2.83 bits per heavy atom. The molecule has 1 aromatic carbocycles. The Labute approximate surface area is 77.3 Å². The van der Waals surface area contributed by atoms with Crippen molar-refractivity contribution in [2.45, 2.75) is 6.92 Å². The van der Waals surface area contributed by atoms with Gasteiger partial charge >= 0.3 is 0 Å². The van der Waals surface area contributed by atoms with E-state index in [0.29, 0.717) is 5.58 Å². The summed E-state index contributed by atoms with van der Waals surface area (Å²) in [6, 6.07) is 4.61. The van der Waals surface area contributed by atoms with Crippen molar-refractivity contribution in [3.05, 3.63) is 34.2 Å². The number of furan rings is 1. The predicted molar refractivity (Wildman–Crippen MR) is 48.6 cm³/mol. The Morgan fingerprint density at radius 1 is 1.33 bits per heavy atom. The maximum absolute atomic E-state index is 12.6. The second kappa shape index (κ2) is 2.59. The molecule has 1 heterocycles. The minimum Gasteiger partial charge on any atom is -0.430 e. The fraction of sp³-hybridized carbons (Fsp3) is 0.111. The first-order chi connectivity index (χ1) is 5.66. The molecule has 0 N–H and O–H groups in total. The summed E-state index contributed by atoms with van der Waals surface area (Å²) in [6.07, 6.45) is 0. The third-order valence-electron chi connectivity index (χ3n) is 1.69. The summed E-state index contributed by atoms with van der Waals surface area (Å²) in [5.74, 6) is 0. The van der Waals surface area contributed by atoms with Gasteiger partial charge in [-0.1, -0.05) is 0 Å². The lowest BCUT2D eigenvalue weighted by Crippen LogP contribution is -1.72. The van der Waals surface area contributed by atoms with Gasteiger partial charge in [0.15, 0.2) is 5.58 Å². The summed E-state index contributed by atoms with van der Waals surface area (Å²) in [4.78, 5) is 0. The van der Waals surface area contributed by atoms with Gasteiger partial charge in [0.25, 0.3) is 6.01 Å². The van der Waals surface area contributed by atoms with Crippen molar-refractivity contribution >= 4 is 26.9 Å². The first-order valence-corrected chi connectivity index (χ1v) is 4.31. The standard InChI is InChI=1S/C9H6BrFO/c1-5-2-6-4-8(11)12-9(6)7(10)3-5/h2-4H,1H3. The molecule has 1 nitrogen and oxygen atoms in total. The number of benzene rings is 1. The molecule has 0 unspecified atom stereocenters. The lowest BCUT2D eigenvalue weighted by molar-refractivity contribution is 0.380. The SMILES string of the molecule is Cc1cc(Br)c2oc(F)cc2c1. The Kier molecular flexibility index (Phi) is 1.68. The lowest BCUT2D eigenvalue weighted by Gasteiger charge is -1.94. The van der Waals surface area contributed by atoms with Crippen molar-refractivity contribution in [1.82, 2.24) is 0 Å². The Hall–Kier alpha value is -0.830. The number of rotatable bonds is 0. The van der Waals surface area contributed by atoms with Crippen LogP contribution in [0.4, 0.5) is 4.39 Å². The highest BCUT2D eigenvalue weighted by Gasteiger charge is 2.06. The van der Waals surface area contributed by atoms with E-state index in [9.17, 15) is 4.39 Å². The Balaban J connectivity index is 2.88. The highest BCUT2D eigenvalue weighted by Crippen LogP contribution is 2.27. The minimum absolute atomic E-state index is 0.545. The predicted octanol–water partition coefficient (Wildman–Crippen LogP) is 3.64. The third-order valence-corrected chi connectivity index (χ3v) is 2.27. The van der Waals surface area contributed by atoms with Gasteiger partial charge in [-0.2, -0.15) is 4.39 Å². The third kappa shape index (κ3) is 1.14. The summed E-state index contributed by atoms with van der Waals surface area (Å²) in [5, 5.41) is 0.791. The average Bonchev–Trinajstić information content (AvgIpc) is 2.29. The van der Waals surface area contributed by atoms with E-state index in [2.05, 4.69) is 15.9 Å². The van der Waals surface area contributed by atoms with Gasteiger partial charge in [-0.3, -0.25) is 0 Å². The monoisotopic (exact) mass is 228 g/mol. The maximum Gasteiger partial charge on any atom is 0.278 e. The van der Waals surface area contributed by atoms with Crippen LogP contribution in [-0.4, -0.2) is 0 Å². The van der Waals surface area contributed by atoms with Crippen LogP contribution < -0.4 is 0 Å². The maximum atomic E-state index is 12.6. The molecular weight excluding hydrogens is 223 g/mol. The number of fused-ring (bicyclic) bond motifs is 1. The van der Waals surface area contributed by atoms with E-state index in [-0.39, 0.29) is 0 Å². The largest absolute Gasteiger partial charge is 0.430 e. The van der Waals surface area contributed by atoms with E-state index >= 15 is 0 Å². The lowest BCUT2D eigenvalue weighted by atomic mass is 10.2. The van der Waals surface area contributed by atoms with Gasteiger partial charge in [0.05, 0.1) is 4.47 Å². The molecule has 0 radical (unpaired) electrons. The summed E-state index contributed by atoms with van der Waals surface area (Å²) in [5.41, 5.74) is 1.65. The van der Waals surface area contributed by atoms with Gasteiger partial charge in [-0.05, 0) is 40.5 Å². The normalized spacial score (nSPS) is 10.9. The molecule has 0 aliphatic heterocycles. The summed E-state index contributed by atoms with van der Waals surface area (Å²) >= 11 is 3.30. The Morgan fingerprint density at radius 2 is 2.08 bits per heavy atom. The molecular formula is C9H6BrFO. The molecule has 0 bridgehead atoms. The van der Waals surface area contributed by atoms with Crippen LogP contribution in [0.2, 0.25) is 0 Å². The second-order valence-electron chi connectivity index (χ2n) is 2.72. The van der Waals surface area contributed by atoms with Crippen LogP contribution in [0, 0.1) is 12.9 Å². The highest BCUT2D eigenvalue weighted by molar-refractivity contribution is 9.10. The number of halogens is 2. The van der Waals surface area contributed by atoms with E-state index in [1.165, 1.54) is 6.07 Å². The molecule has 3 heteroatoms. The van der Waals surface area contributed by atoms with Crippen molar-refractivity contribution in [2.24, 2.45) is 0 Å². The zero-order valence-corrected chi connectivity index (χ0v) is 7.98. The van der Waals surface area contributed by atoms with Crippen LogP contribution in [0.5, 0.6) is 0 Å². The fourth-order valence-corrected chi connectivity index (χ4v) is 1.89. The first-order valence-electron chi connectivity index (χ1n) is 3.52. The topological polar surface area (TPSA) is 13.1 Å². The van der Waals surface area contributed by atoms with Gasteiger partial charge in [0, 0.05) is 11.5 Å². The van der Waals surface area contributed by atoms with Crippen molar-refractivity contribution in [3.63, 3.8) is 0 Å². The molecule has 0 spiro atoms. The van der Waals surface area contributed by atoms with Crippen LogP contribution in [0.1, 0.15) is 5.56 Å². The molecule has 0 aliphatic carbocycles. The first kappa shape index (κ1) is 7.80. The van der Waals surface area contributed by atoms with Crippen LogP contribution in [0.15, 0.2) is 27.1 Å². The van der Waals surface area contributed by atoms with Crippen LogP contribution >= 0.6 is 15.9 Å². The molecule has 0 atom stereocenters. The number of hydrogen-bond acceptors (Lipinski definition) is 1. The molecule has 0 fully saturated rings. The molecule has 2 aromatic rings. The zero-order chi connectivity index (χ0) is 8.72. The fourth-order valence-electron chi connectivity index (χ4n) is 1.22. The van der Waals surface area contributed by atoms with Crippen molar-refractivity contribution in [2.75, 3.05) is 0 Å². The van der Waals surface area contributed by atoms with Crippen molar-refractivity contribution in [1.29, 1.82) is 0 Å². The van der Waals surface area contributed by atoms with Crippen LogP contribution in [-0.2, 0) is 0 Å². The summed E-state index contributed by atoms with van der Waals surface area (Å²) < 4.78 is 18.3. The van der Waals surface area contributed by atoms with E-state index in [1.54, 1.807) is 0 Å². The van der Waals surface area contributed by atoms with Crippen LogP contribution in [0.25, 0.3) is 11.0 Å². The number of aryl methyl sites for hydroxylation is 1. The van der Waals surface area contributed by atoms with Crippen molar-refractivity contribution in [3.8, 4) is 0 Å². The molecule has 62 valence electrons. The average molecular weight is 229 g/mol. The smallest absolute Gasteiger partial charge is 0.278 e. The summed E-state index contributed by atoms with van der Waals surface area (Å²) in [6.45, 7) is 1.95. The van der Waals surface area contributed by atoms with E-state index in [4.69, 9.17) is 4.42 Å². The molecule has 0 saturated carbocycles. The van der Waals surface area contributed by atoms with Gasteiger partial charge < -0.3 is 4.42 Å². The van der Waals surface area contributed by atoms with Gasteiger partial charge in [-0.25, -0.2) is 0 Å². The van der Waals surface area contributed by atoms with E-state index < -0.39 is 6.01 Å². The van der Waals surface area contributed by atoms with Gasteiger partial charge in [0.2, 0.25) is 0 Å². The number of hydrogen-bond donors (Lipinski definition) is 0. The molecule has 0 amide bonds. The Bertz CT molecular complexity index is 433. The van der Waals surface area contributed by atoms with Crippen molar-refractivity contribution < 1.29 is 8.81 Å². The quantitative estimate of drug-likeness (QED) is 0.672. The second-order valence-corrected chi connectivity index (χ2v) is 3.57. The van der Waals surface area contributed by atoms with E-state index in [0.717, 1.165) is 15.4 Å². The molecule has 0 aliphatic rings. The van der Waals surface area contributed by atoms with Gasteiger partial charge in [0.1, 0.15) is 0 Å². The zero-order valence-electron chi connectivity index (χ0n) is 6.40. The molecule has 1 aromatic heterocycles.